The highest BCUT2D eigenvalue weighted by atomic mass is 16.4. The normalized spacial score (nSPS) is 17.5. The molecule has 2 atom stereocenters. The largest absolute Gasteiger partial charge is 0.396 e. The second kappa shape index (κ2) is 4.74. The van der Waals surface area contributed by atoms with Crippen LogP contribution in [0.2, 0.25) is 0 Å². The van der Waals surface area contributed by atoms with E-state index in [1.807, 2.05) is 0 Å². The number of rotatable bonds is 5. The van der Waals surface area contributed by atoms with E-state index in [0.29, 0.717) is 0 Å². The first-order valence-electron chi connectivity index (χ1n) is 3.70. The van der Waals surface area contributed by atoms with E-state index >= 15 is 0 Å². The van der Waals surface area contributed by atoms with Crippen LogP contribution in [-0.4, -0.2) is 57.6 Å². The molecule has 0 radical (unpaired) electrons. The van der Waals surface area contributed by atoms with Crippen LogP contribution in [0.25, 0.3) is 0 Å². The smallest absolute Gasteiger partial charge is 0.104 e. The first-order chi connectivity index (χ1) is 5.51. The van der Waals surface area contributed by atoms with Crippen LogP contribution in [0.1, 0.15) is 6.92 Å². The summed E-state index contributed by atoms with van der Waals surface area (Å²) >= 11 is 0. The van der Waals surface area contributed by atoms with Crippen molar-refractivity contribution in [1.29, 1.82) is 0 Å². The monoisotopic (exact) mass is 180 g/mol. The topological polar surface area (TPSA) is 101 Å². The van der Waals surface area contributed by atoms with Gasteiger partial charge >= 0.3 is 0 Å². The molecule has 2 unspecified atom stereocenters. The molecule has 0 aromatic rings. The zero-order valence-electron chi connectivity index (χ0n) is 7.01. The van der Waals surface area contributed by atoms with Crippen LogP contribution in [0.4, 0.5) is 0 Å². The van der Waals surface area contributed by atoms with E-state index in [1.165, 1.54) is 6.92 Å². The standard InChI is InChI=1S/C7H16O5/c1-7(3-9,4-10)6(12)5(11)2-8/h5-6,8-12H,2-4H2,1H3. The minimum Gasteiger partial charge on any atom is -0.396 e. The number of hydrogen-bond donors (Lipinski definition) is 5. The third-order valence-corrected chi connectivity index (χ3v) is 1.99. The minimum atomic E-state index is -1.34. The molecule has 5 nitrogen and oxygen atoms in total. The zero-order chi connectivity index (χ0) is 9.78. The first kappa shape index (κ1) is 11.8. The van der Waals surface area contributed by atoms with Crippen LogP contribution in [0, 0.1) is 5.41 Å². The lowest BCUT2D eigenvalue weighted by Gasteiger charge is -2.32. The van der Waals surface area contributed by atoms with Crippen LogP contribution in [-0.2, 0) is 0 Å². The summed E-state index contributed by atoms with van der Waals surface area (Å²) in [6.45, 7) is -0.100. The van der Waals surface area contributed by atoms with Gasteiger partial charge in [-0.05, 0) is 0 Å². The predicted molar refractivity (Wildman–Crippen MR) is 41.4 cm³/mol. The third-order valence-electron chi connectivity index (χ3n) is 1.99. The van der Waals surface area contributed by atoms with Gasteiger partial charge in [-0.15, -0.1) is 0 Å². The van der Waals surface area contributed by atoms with Crippen molar-refractivity contribution in [2.45, 2.75) is 19.1 Å². The molecule has 0 aliphatic rings. The molecule has 0 saturated carbocycles. The molecule has 0 rings (SSSR count). The maximum atomic E-state index is 9.31. The average molecular weight is 180 g/mol. The molecule has 0 aliphatic heterocycles. The van der Waals surface area contributed by atoms with Crippen LogP contribution < -0.4 is 0 Å². The molecule has 12 heavy (non-hydrogen) atoms. The van der Waals surface area contributed by atoms with Gasteiger partial charge in [0.1, 0.15) is 6.10 Å². The second-order valence-corrected chi connectivity index (χ2v) is 3.17. The Morgan fingerprint density at radius 2 is 1.50 bits per heavy atom. The Hall–Kier alpha value is -0.200. The van der Waals surface area contributed by atoms with Gasteiger partial charge in [-0.1, -0.05) is 6.92 Å². The molecule has 74 valence electrons. The van der Waals surface area contributed by atoms with Gasteiger partial charge in [-0.3, -0.25) is 0 Å². The van der Waals surface area contributed by atoms with Crippen molar-refractivity contribution in [3.8, 4) is 0 Å². The summed E-state index contributed by atoms with van der Waals surface area (Å²) in [6, 6.07) is 0. The Morgan fingerprint density at radius 1 is 1.08 bits per heavy atom. The first-order valence-corrected chi connectivity index (χ1v) is 3.70. The van der Waals surface area contributed by atoms with E-state index < -0.39 is 37.4 Å². The highest BCUT2D eigenvalue weighted by molar-refractivity contribution is 4.85. The van der Waals surface area contributed by atoms with E-state index in [2.05, 4.69) is 0 Å². The summed E-state index contributed by atoms with van der Waals surface area (Å²) in [4.78, 5) is 0. The van der Waals surface area contributed by atoms with Crippen molar-refractivity contribution >= 4 is 0 Å². The van der Waals surface area contributed by atoms with E-state index in [4.69, 9.17) is 20.4 Å². The van der Waals surface area contributed by atoms with Gasteiger partial charge in [0, 0.05) is 5.41 Å². The average Bonchev–Trinajstić information content (AvgIpc) is 2.14. The highest BCUT2D eigenvalue weighted by Crippen LogP contribution is 2.22. The lowest BCUT2D eigenvalue weighted by Crippen LogP contribution is -2.47. The number of aliphatic hydroxyl groups is 5. The quantitative estimate of drug-likeness (QED) is 0.327. The Kier molecular flexibility index (Phi) is 4.66. The van der Waals surface area contributed by atoms with Crippen LogP contribution >= 0.6 is 0 Å². The van der Waals surface area contributed by atoms with Crippen molar-refractivity contribution in [3.63, 3.8) is 0 Å². The lowest BCUT2D eigenvalue weighted by atomic mass is 9.83. The molecule has 0 aromatic heterocycles. The molecule has 5 N–H and O–H groups in total. The predicted octanol–water partition coefficient (Wildman–Crippen LogP) is -2.31. The molecular weight excluding hydrogens is 164 g/mol. The van der Waals surface area contributed by atoms with Gasteiger partial charge in [0.05, 0.1) is 25.9 Å². The van der Waals surface area contributed by atoms with E-state index in [0.717, 1.165) is 0 Å². The van der Waals surface area contributed by atoms with Gasteiger partial charge in [0.2, 0.25) is 0 Å². The van der Waals surface area contributed by atoms with Crippen LogP contribution in [0.3, 0.4) is 0 Å². The summed E-state index contributed by atoms with van der Waals surface area (Å²) < 4.78 is 0. The SMILES string of the molecule is CC(CO)(CO)C(O)C(O)CO. The van der Waals surface area contributed by atoms with Gasteiger partial charge in [0.25, 0.3) is 0 Å². The van der Waals surface area contributed by atoms with Crippen molar-refractivity contribution in [2.24, 2.45) is 5.41 Å². The maximum Gasteiger partial charge on any atom is 0.104 e. The Bertz CT molecular complexity index is 123. The van der Waals surface area contributed by atoms with Gasteiger partial charge in [-0.25, -0.2) is 0 Å². The molecule has 0 aromatic carbocycles. The Balaban J connectivity index is 4.29. The second-order valence-electron chi connectivity index (χ2n) is 3.17. The van der Waals surface area contributed by atoms with Crippen LogP contribution in [0.15, 0.2) is 0 Å². The zero-order valence-corrected chi connectivity index (χ0v) is 7.01. The molecule has 0 fully saturated rings. The fraction of sp³-hybridized carbons (Fsp3) is 1.00. The van der Waals surface area contributed by atoms with Crippen molar-refractivity contribution in [1.82, 2.24) is 0 Å². The summed E-state index contributed by atoms with van der Waals surface area (Å²) in [7, 11) is 0. The van der Waals surface area contributed by atoms with Crippen molar-refractivity contribution < 1.29 is 25.5 Å². The molecule has 0 bridgehead atoms. The summed E-state index contributed by atoms with van der Waals surface area (Å²) in [6.07, 6.45) is -2.67. The van der Waals surface area contributed by atoms with E-state index in [9.17, 15) is 5.11 Å². The summed E-state index contributed by atoms with van der Waals surface area (Å²) in [5, 5.41) is 44.4. The fourth-order valence-corrected chi connectivity index (χ4v) is 0.801. The minimum absolute atomic E-state index is 0.457. The van der Waals surface area contributed by atoms with Gasteiger partial charge in [0.15, 0.2) is 0 Å². The Labute approximate surface area is 70.9 Å². The molecule has 0 aliphatic carbocycles. The molecule has 5 heteroatoms. The highest BCUT2D eigenvalue weighted by Gasteiger charge is 2.36. The number of aliphatic hydroxyl groups excluding tert-OH is 5. The van der Waals surface area contributed by atoms with E-state index in [1.54, 1.807) is 0 Å². The molecular formula is C7H16O5. The van der Waals surface area contributed by atoms with Gasteiger partial charge in [-0.2, -0.15) is 0 Å². The Morgan fingerprint density at radius 3 is 1.75 bits per heavy atom. The van der Waals surface area contributed by atoms with Gasteiger partial charge < -0.3 is 25.5 Å². The number of hydrogen-bond acceptors (Lipinski definition) is 5. The molecule has 0 heterocycles. The van der Waals surface area contributed by atoms with Crippen molar-refractivity contribution in [3.05, 3.63) is 0 Å². The fourth-order valence-electron chi connectivity index (χ4n) is 0.801. The van der Waals surface area contributed by atoms with Crippen molar-refractivity contribution in [2.75, 3.05) is 19.8 Å². The summed E-state index contributed by atoms with van der Waals surface area (Å²) in [5.41, 5.74) is -1.18. The van der Waals surface area contributed by atoms with E-state index in [-0.39, 0.29) is 0 Å². The molecule has 0 amide bonds. The molecule has 0 spiro atoms. The van der Waals surface area contributed by atoms with Crippen LogP contribution in [0.5, 0.6) is 0 Å². The maximum absolute atomic E-state index is 9.31. The third kappa shape index (κ3) is 2.40. The lowest BCUT2D eigenvalue weighted by molar-refractivity contribution is -0.111. The summed E-state index contributed by atoms with van der Waals surface area (Å²) in [5.74, 6) is 0. The molecule has 0 saturated heterocycles.